The van der Waals surface area contributed by atoms with Crippen LogP contribution in [0.5, 0.6) is 0 Å². The van der Waals surface area contributed by atoms with Gasteiger partial charge in [0.2, 0.25) is 5.95 Å². The van der Waals surface area contributed by atoms with Crippen molar-refractivity contribution in [3.8, 4) is 0 Å². The molecule has 7 nitrogen and oxygen atoms in total. The van der Waals surface area contributed by atoms with Gasteiger partial charge < -0.3 is 14.5 Å². The first-order valence-corrected chi connectivity index (χ1v) is 10.5. The number of rotatable bonds is 5. The lowest BCUT2D eigenvalue weighted by Crippen LogP contribution is -2.47. The first-order valence-electron chi connectivity index (χ1n) is 10.5. The van der Waals surface area contributed by atoms with Crippen LogP contribution in [-0.4, -0.2) is 72.3 Å². The van der Waals surface area contributed by atoms with Gasteiger partial charge in [-0.15, -0.1) is 0 Å². The maximum atomic E-state index is 12.7. The van der Waals surface area contributed by atoms with Crippen molar-refractivity contribution in [1.82, 2.24) is 19.9 Å². The van der Waals surface area contributed by atoms with E-state index in [-0.39, 0.29) is 6.04 Å². The van der Waals surface area contributed by atoms with Crippen LogP contribution in [0.3, 0.4) is 0 Å². The van der Waals surface area contributed by atoms with Crippen molar-refractivity contribution in [1.29, 1.82) is 0 Å². The molecule has 0 aliphatic carbocycles. The molecule has 168 valence electrons. The zero-order chi connectivity index (χ0) is 21.8. The summed E-state index contributed by atoms with van der Waals surface area (Å²) in [5, 5.41) is 0. The number of anilines is 2. The lowest BCUT2D eigenvalue weighted by molar-refractivity contribution is -0.141. The number of piperidine rings is 1. The maximum Gasteiger partial charge on any atom is 0.433 e. The minimum Gasteiger partial charge on any atom is -0.378 e. The third-order valence-electron chi connectivity index (χ3n) is 5.83. The molecule has 31 heavy (non-hydrogen) atoms. The van der Waals surface area contributed by atoms with Gasteiger partial charge in [-0.2, -0.15) is 18.2 Å². The third-order valence-corrected chi connectivity index (χ3v) is 5.83. The third kappa shape index (κ3) is 5.43. The molecule has 1 atom stereocenters. The highest BCUT2D eigenvalue weighted by atomic mass is 19.4. The van der Waals surface area contributed by atoms with Crippen LogP contribution in [-0.2, 0) is 17.5 Å². The fraction of sp³-hybridized carbons (Fsp3) is 0.571. The van der Waals surface area contributed by atoms with Crippen molar-refractivity contribution >= 4 is 11.8 Å². The SMILES string of the molecule is CN(c1nccc(N2CCOCC2)n1)C1CCCN(Cc2ccc(C(F)(F)F)nc2)C1. The van der Waals surface area contributed by atoms with E-state index in [0.717, 1.165) is 56.5 Å². The van der Waals surface area contributed by atoms with E-state index < -0.39 is 11.9 Å². The lowest BCUT2D eigenvalue weighted by Gasteiger charge is -2.38. The minimum atomic E-state index is -4.41. The summed E-state index contributed by atoms with van der Waals surface area (Å²) in [5.74, 6) is 1.59. The molecule has 1 unspecified atom stereocenters. The summed E-state index contributed by atoms with van der Waals surface area (Å²) < 4.78 is 43.6. The van der Waals surface area contributed by atoms with Gasteiger partial charge in [0, 0.05) is 51.7 Å². The molecule has 0 saturated carbocycles. The van der Waals surface area contributed by atoms with Crippen molar-refractivity contribution < 1.29 is 17.9 Å². The summed E-state index contributed by atoms with van der Waals surface area (Å²) in [4.78, 5) is 19.4. The van der Waals surface area contributed by atoms with Crippen molar-refractivity contribution in [2.24, 2.45) is 0 Å². The summed E-state index contributed by atoms with van der Waals surface area (Å²) in [5.41, 5.74) is -0.0772. The Hall–Kier alpha value is -2.46. The molecule has 2 aliphatic rings. The van der Waals surface area contributed by atoms with E-state index in [1.165, 1.54) is 12.3 Å². The number of aromatic nitrogens is 3. The number of hydrogen-bond donors (Lipinski definition) is 0. The first kappa shape index (κ1) is 21.8. The molecule has 2 aromatic rings. The van der Waals surface area contributed by atoms with Crippen LogP contribution in [0.4, 0.5) is 24.9 Å². The number of hydrogen-bond acceptors (Lipinski definition) is 7. The molecule has 2 saturated heterocycles. The van der Waals surface area contributed by atoms with Gasteiger partial charge in [-0.25, -0.2) is 4.98 Å². The van der Waals surface area contributed by atoms with Gasteiger partial charge >= 0.3 is 6.18 Å². The van der Waals surface area contributed by atoms with E-state index in [0.29, 0.717) is 25.7 Å². The quantitative estimate of drug-likeness (QED) is 0.714. The lowest BCUT2D eigenvalue weighted by atomic mass is 10.0. The summed E-state index contributed by atoms with van der Waals surface area (Å²) in [7, 11) is 2.01. The van der Waals surface area contributed by atoms with Crippen LogP contribution >= 0.6 is 0 Å². The van der Waals surface area contributed by atoms with Crippen molar-refractivity contribution in [2.75, 3.05) is 56.2 Å². The van der Waals surface area contributed by atoms with E-state index in [2.05, 4.69) is 24.7 Å². The van der Waals surface area contributed by atoms with E-state index in [1.807, 2.05) is 13.1 Å². The Morgan fingerprint density at radius 2 is 1.94 bits per heavy atom. The Labute approximate surface area is 179 Å². The molecule has 2 fully saturated rings. The second-order valence-electron chi connectivity index (χ2n) is 8.01. The Morgan fingerprint density at radius 3 is 2.65 bits per heavy atom. The Bertz CT molecular complexity index is 857. The average molecular weight is 436 g/mol. The number of halogens is 3. The second kappa shape index (κ2) is 9.35. The molecule has 0 aromatic carbocycles. The summed E-state index contributed by atoms with van der Waals surface area (Å²) >= 11 is 0. The van der Waals surface area contributed by atoms with Crippen molar-refractivity contribution in [3.05, 3.63) is 41.9 Å². The van der Waals surface area contributed by atoms with Crippen molar-refractivity contribution in [3.63, 3.8) is 0 Å². The molecule has 4 heterocycles. The summed E-state index contributed by atoms with van der Waals surface area (Å²) in [6, 6.07) is 4.72. The molecule has 2 aliphatic heterocycles. The van der Waals surface area contributed by atoms with Gasteiger partial charge in [0.15, 0.2) is 0 Å². The van der Waals surface area contributed by atoms with Crippen LogP contribution in [0.25, 0.3) is 0 Å². The minimum absolute atomic E-state index is 0.232. The molecule has 0 bridgehead atoms. The number of morpholine rings is 1. The molecule has 0 amide bonds. The van der Waals surface area contributed by atoms with Gasteiger partial charge in [-0.3, -0.25) is 9.88 Å². The monoisotopic (exact) mass is 436 g/mol. The Kier molecular flexibility index (Phi) is 6.57. The smallest absolute Gasteiger partial charge is 0.378 e. The molecule has 10 heteroatoms. The van der Waals surface area contributed by atoms with Gasteiger partial charge in [0.05, 0.1) is 13.2 Å². The maximum absolute atomic E-state index is 12.7. The zero-order valence-electron chi connectivity index (χ0n) is 17.6. The number of ether oxygens (including phenoxy) is 1. The van der Waals surface area contributed by atoms with Gasteiger partial charge in [0.1, 0.15) is 11.5 Å². The predicted molar refractivity (Wildman–Crippen MR) is 111 cm³/mol. The summed E-state index contributed by atoms with van der Waals surface area (Å²) in [6.07, 6.45) is 0.728. The Balaban J connectivity index is 1.39. The summed E-state index contributed by atoms with van der Waals surface area (Å²) in [6.45, 7) is 5.31. The fourth-order valence-corrected chi connectivity index (χ4v) is 4.08. The van der Waals surface area contributed by atoms with Crippen LogP contribution < -0.4 is 9.80 Å². The highest BCUT2D eigenvalue weighted by molar-refractivity contribution is 5.44. The highest BCUT2D eigenvalue weighted by Crippen LogP contribution is 2.28. The molecule has 0 N–H and O–H groups in total. The van der Waals surface area contributed by atoms with Gasteiger partial charge in [0.25, 0.3) is 0 Å². The molecule has 2 aromatic heterocycles. The van der Waals surface area contributed by atoms with E-state index in [9.17, 15) is 13.2 Å². The number of pyridine rings is 1. The van der Waals surface area contributed by atoms with Crippen LogP contribution in [0.2, 0.25) is 0 Å². The molecule has 4 rings (SSSR count). The molecular weight excluding hydrogens is 409 g/mol. The largest absolute Gasteiger partial charge is 0.433 e. The normalized spacial score (nSPS) is 20.6. The van der Waals surface area contributed by atoms with Crippen LogP contribution in [0, 0.1) is 0 Å². The number of likely N-dealkylation sites (N-methyl/N-ethyl adjacent to an activating group) is 1. The molecular formula is C21H27F3N6O. The molecule has 0 spiro atoms. The van der Waals surface area contributed by atoms with Crippen LogP contribution in [0.1, 0.15) is 24.1 Å². The second-order valence-corrected chi connectivity index (χ2v) is 8.01. The Morgan fingerprint density at radius 1 is 1.13 bits per heavy atom. The molecule has 0 radical (unpaired) electrons. The van der Waals surface area contributed by atoms with E-state index in [4.69, 9.17) is 9.72 Å². The number of likely N-dealkylation sites (tertiary alicyclic amines) is 1. The average Bonchev–Trinajstić information content (AvgIpc) is 2.79. The zero-order valence-corrected chi connectivity index (χ0v) is 17.6. The van der Waals surface area contributed by atoms with Crippen LogP contribution in [0.15, 0.2) is 30.6 Å². The number of alkyl halides is 3. The topological polar surface area (TPSA) is 57.6 Å². The number of nitrogens with zero attached hydrogens (tertiary/aromatic N) is 6. The van der Waals surface area contributed by atoms with E-state index >= 15 is 0 Å². The predicted octanol–water partition coefficient (Wildman–Crippen LogP) is 2.83. The van der Waals surface area contributed by atoms with Gasteiger partial charge in [-0.05, 0) is 37.1 Å². The highest BCUT2D eigenvalue weighted by Gasteiger charge is 2.32. The van der Waals surface area contributed by atoms with Gasteiger partial charge in [-0.1, -0.05) is 6.07 Å². The van der Waals surface area contributed by atoms with Crippen molar-refractivity contribution in [2.45, 2.75) is 31.6 Å². The fourth-order valence-electron chi connectivity index (χ4n) is 4.08. The van der Waals surface area contributed by atoms with E-state index in [1.54, 1.807) is 6.20 Å². The standard InChI is InChI=1S/C21H27F3N6O/c1-28(20-25-7-6-19(27-20)30-9-11-31-12-10-30)17-3-2-8-29(15-17)14-16-4-5-18(26-13-16)21(22,23)24/h4-7,13,17H,2-3,8-12,14-15H2,1H3. The first-order chi connectivity index (χ1) is 14.9.